The second-order valence-corrected chi connectivity index (χ2v) is 8.39. The molecule has 1 atom stereocenters. The second-order valence-electron chi connectivity index (χ2n) is 6.15. The van der Waals surface area contributed by atoms with Crippen LogP contribution >= 0.6 is 23.4 Å². The summed E-state index contributed by atoms with van der Waals surface area (Å²) in [6.07, 6.45) is 2.25. The zero-order valence-corrected chi connectivity index (χ0v) is 14.0. The molecule has 0 saturated carbocycles. The standard InChI is InChI=1S/C16H25ClN2S/c1-16(2)7-9-19(10-11-20-16)8-6-15(18)13-4-3-5-14(17)12-13/h3-5,12,15H,6-11,18H2,1-2H3. The van der Waals surface area contributed by atoms with Crippen molar-refractivity contribution in [3.63, 3.8) is 0 Å². The Labute approximate surface area is 132 Å². The van der Waals surface area contributed by atoms with Gasteiger partial charge in [-0.1, -0.05) is 37.6 Å². The molecular weight excluding hydrogens is 288 g/mol. The first-order chi connectivity index (χ1) is 9.46. The molecule has 0 aromatic heterocycles. The minimum absolute atomic E-state index is 0.0811. The average molecular weight is 313 g/mol. The van der Waals surface area contributed by atoms with Crippen LogP contribution < -0.4 is 5.73 Å². The summed E-state index contributed by atoms with van der Waals surface area (Å²) >= 11 is 8.11. The molecule has 2 rings (SSSR count). The van der Waals surface area contributed by atoms with Gasteiger partial charge in [0.25, 0.3) is 0 Å². The van der Waals surface area contributed by atoms with Gasteiger partial charge in [-0.05, 0) is 43.6 Å². The summed E-state index contributed by atoms with van der Waals surface area (Å²) in [6, 6.07) is 8.00. The largest absolute Gasteiger partial charge is 0.324 e. The van der Waals surface area contributed by atoms with Crippen LogP contribution in [0.1, 0.15) is 38.3 Å². The molecule has 0 radical (unpaired) electrons. The smallest absolute Gasteiger partial charge is 0.0409 e. The monoisotopic (exact) mass is 312 g/mol. The van der Waals surface area contributed by atoms with Crippen molar-refractivity contribution in [2.24, 2.45) is 5.73 Å². The first kappa shape index (κ1) is 16.2. The molecule has 1 aliphatic rings. The van der Waals surface area contributed by atoms with Crippen LogP contribution in [-0.2, 0) is 0 Å². The molecule has 0 aliphatic carbocycles. The fourth-order valence-electron chi connectivity index (χ4n) is 2.51. The Kier molecular flexibility index (Phi) is 5.79. The number of nitrogens with zero attached hydrogens (tertiary/aromatic N) is 1. The highest BCUT2D eigenvalue weighted by atomic mass is 35.5. The number of benzene rings is 1. The Balaban J connectivity index is 1.83. The van der Waals surface area contributed by atoms with E-state index >= 15 is 0 Å². The van der Waals surface area contributed by atoms with Crippen molar-refractivity contribution < 1.29 is 0 Å². The predicted molar refractivity (Wildman–Crippen MR) is 90.6 cm³/mol. The maximum Gasteiger partial charge on any atom is 0.0409 e. The Hall–Kier alpha value is -0.220. The second kappa shape index (κ2) is 7.17. The van der Waals surface area contributed by atoms with Crippen LogP contribution in [0.2, 0.25) is 5.02 Å². The summed E-state index contributed by atoms with van der Waals surface area (Å²) in [5.41, 5.74) is 7.42. The van der Waals surface area contributed by atoms with Crippen molar-refractivity contribution in [3.05, 3.63) is 34.9 Å². The van der Waals surface area contributed by atoms with E-state index in [-0.39, 0.29) is 6.04 Å². The van der Waals surface area contributed by atoms with Crippen molar-refractivity contribution in [1.29, 1.82) is 0 Å². The van der Waals surface area contributed by atoms with Gasteiger partial charge in [-0.25, -0.2) is 0 Å². The number of halogens is 1. The molecule has 2 nitrogen and oxygen atoms in total. The molecule has 4 heteroatoms. The quantitative estimate of drug-likeness (QED) is 0.913. The van der Waals surface area contributed by atoms with E-state index in [1.807, 2.05) is 18.2 Å². The third-order valence-electron chi connectivity index (χ3n) is 3.96. The maximum absolute atomic E-state index is 6.28. The molecule has 1 aromatic rings. The Morgan fingerprint density at radius 1 is 1.40 bits per heavy atom. The third kappa shape index (κ3) is 4.96. The lowest BCUT2D eigenvalue weighted by atomic mass is 10.0. The fraction of sp³-hybridized carbons (Fsp3) is 0.625. The van der Waals surface area contributed by atoms with Gasteiger partial charge in [-0.15, -0.1) is 0 Å². The van der Waals surface area contributed by atoms with E-state index in [2.05, 4.69) is 36.6 Å². The van der Waals surface area contributed by atoms with Gasteiger partial charge in [0.05, 0.1) is 0 Å². The molecule has 1 aliphatic heterocycles. The van der Waals surface area contributed by atoms with Gasteiger partial charge >= 0.3 is 0 Å². The lowest BCUT2D eigenvalue weighted by Gasteiger charge is -2.23. The lowest BCUT2D eigenvalue weighted by molar-refractivity contribution is 0.273. The minimum Gasteiger partial charge on any atom is -0.324 e. The molecule has 1 unspecified atom stereocenters. The van der Waals surface area contributed by atoms with Crippen LogP contribution in [-0.4, -0.2) is 35.0 Å². The number of hydrogen-bond acceptors (Lipinski definition) is 3. The summed E-state index contributed by atoms with van der Waals surface area (Å²) in [5.74, 6) is 1.22. The molecular formula is C16H25ClN2S. The van der Waals surface area contributed by atoms with Crippen LogP contribution in [0, 0.1) is 0 Å². The highest BCUT2D eigenvalue weighted by Crippen LogP contribution is 2.30. The molecule has 1 aromatic carbocycles. The molecule has 0 amide bonds. The van der Waals surface area contributed by atoms with Crippen molar-refractivity contribution in [1.82, 2.24) is 4.90 Å². The topological polar surface area (TPSA) is 29.3 Å². The SMILES string of the molecule is CC1(C)CCN(CCC(N)c2cccc(Cl)c2)CCS1. The summed E-state index contributed by atoms with van der Waals surface area (Å²) in [6.45, 7) is 8.13. The normalized spacial score (nSPS) is 21.4. The van der Waals surface area contributed by atoms with Gasteiger partial charge in [0, 0.05) is 28.1 Å². The zero-order chi connectivity index (χ0) is 14.6. The van der Waals surface area contributed by atoms with Gasteiger partial charge in [0.15, 0.2) is 0 Å². The molecule has 2 N–H and O–H groups in total. The van der Waals surface area contributed by atoms with Gasteiger partial charge in [0.2, 0.25) is 0 Å². The van der Waals surface area contributed by atoms with Crippen LogP contribution in [0.4, 0.5) is 0 Å². The van der Waals surface area contributed by atoms with E-state index in [4.69, 9.17) is 17.3 Å². The fourth-order valence-corrected chi connectivity index (χ4v) is 3.85. The maximum atomic E-state index is 6.28. The highest BCUT2D eigenvalue weighted by Gasteiger charge is 2.23. The van der Waals surface area contributed by atoms with E-state index in [0.717, 1.165) is 23.6 Å². The first-order valence-corrected chi connectivity index (χ1v) is 8.70. The molecule has 0 spiro atoms. The average Bonchev–Trinajstić information content (AvgIpc) is 2.57. The van der Waals surface area contributed by atoms with Crippen LogP contribution in [0.15, 0.2) is 24.3 Å². The number of thioether (sulfide) groups is 1. The lowest BCUT2D eigenvalue weighted by Crippen LogP contribution is -2.30. The summed E-state index contributed by atoms with van der Waals surface area (Å²) in [7, 11) is 0. The summed E-state index contributed by atoms with van der Waals surface area (Å²) in [4.78, 5) is 2.55. The Morgan fingerprint density at radius 2 is 2.20 bits per heavy atom. The van der Waals surface area contributed by atoms with Gasteiger partial charge in [0.1, 0.15) is 0 Å². The summed E-state index contributed by atoms with van der Waals surface area (Å²) < 4.78 is 0.420. The molecule has 1 heterocycles. The van der Waals surface area contributed by atoms with E-state index < -0.39 is 0 Å². The first-order valence-electron chi connectivity index (χ1n) is 7.34. The number of rotatable bonds is 4. The number of hydrogen-bond donors (Lipinski definition) is 1. The van der Waals surface area contributed by atoms with Crippen molar-refractivity contribution in [2.45, 2.75) is 37.5 Å². The van der Waals surface area contributed by atoms with Gasteiger partial charge in [-0.2, -0.15) is 11.8 Å². The molecule has 0 bridgehead atoms. The van der Waals surface area contributed by atoms with Crippen molar-refractivity contribution in [3.8, 4) is 0 Å². The Bertz CT molecular complexity index is 436. The zero-order valence-electron chi connectivity index (χ0n) is 12.4. The molecule has 1 saturated heterocycles. The van der Waals surface area contributed by atoms with Crippen molar-refractivity contribution >= 4 is 23.4 Å². The third-order valence-corrected chi connectivity index (χ3v) is 5.57. The van der Waals surface area contributed by atoms with Gasteiger partial charge < -0.3 is 10.6 Å². The van der Waals surface area contributed by atoms with E-state index in [1.54, 1.807) is 0 Å². The van der Waals surface area contributed by atoms with Crippen molar-refractivity contribution in [2.75, 3.05) is 25.4 Å². The highest BCUT2D eigenvalue weighted by molar-refractivity contribution is 8.00. The van der Waals surface area contributed by atoms with Crippen LogP contribution in [0.3, 0.4) is 0 Å². The van der Waals surface area contributed by atoms with Crippen LogP contribution in [0.5, 0.6) is 0 Å². The van der Waals surface area contributed by atoms with E-state index in [9.17, 15) is 0 Å². The predicted octanol–water partition coefficient (Wildman–Crippen LogP) is 3.95. The van der Waals surface area contributed by atoms with E-state index in [0.29, 0.717) is 4.75 Å². The summed E-state index contributed by atoms with van der Waals surface area (Å²) in [5, 5.41) is 0.769. The Morgan fingerprint density at radius 3 is 2.95 bits per heavy atom. The molecule has 112 valence electrons. The van der Waals surface area contributed by atoms with E-state index in [1.165, 1.54) is 25.3 Å². The minimum atomic E-state index is 0.0811. The van der Waals surface area contributed by atoms with Gasteiger partial charge in [-0.3, -0.25) is 0 Å². The molecule has 1 fully saturated rings. The number of nitrogens with two attached hydrogens (primary N) is 1. The van der Waals surface area contributed by atoms with Crippen LogP contribution in [0.25, 0.3) is 0 Å². The molecule has 20 heavy (non-hydrogen) atoms.